The van der Waals surface area contributed by atoms with E-state index in [1.54, 1.807) is 12.1 Å². The molecular formula is C15H21N3O2. The molecule has 0 aromatic heterocycles. The summed E-state index contributed by atoms with van der Waals surface area (Å²) >= 11 is 0. The van der Waals surface area contributed by atoms with Crippen molar-refractivity contribution in [3.8, 4) is 17.6 Å². The molecule has 0 bridgehead atoms. The largest absolute Gasteiger partial charge is 0.504 e. The fraction of sp³-hybridized carbons (Fsp3) is 0.533. The molecule has 1 saturated heterocycles. The molecule has 20 heavy (non-hydrogen) atoms. The van der Waals surface area contributed by atoms with Crippen molar-refractivity contribution >= 4 is 0 Å². The first-order valence-corrected chi connectivity index (χ1v) is 6.94. The van der Waals surface area contributed by atoms with Crippen LogP contribution in [0.25, 0.3) is 0 Å². The third-order valence-electron chi connectivity index (χ3n) is 3.65. The summed E-state index contributed by atoms with van der Waals surface area (Å²) in [4.78, 5) is 4.34. The summed E-state index contributed by atoms with van der Waals surface area (Å²) in [5, 5.41) is 19.8. The number of phenols is 1. The van der Waals surface area contributed by atoms with E-state index in [0.717, 1.165) is 26.2 Å². The number of benzene rings is 1. The molecule has 5 heteroatoms. The highest BCUT2D eigenvalue weighted by Gasteiger charge is 2.26. The summed E-state index contributed by atoms with van der Waals surface area (Å²) in [5.41, 5.74) is 0.628. The Labute approximate surface area is 120 Å². The van der Waals surface area contributed by atoms with Gasteiger partial charge in [-0.2, -0.15) is 5.26 Å². The summed E-state index contributed by atoms with van der Waals surface area (Å²) in [6, 6.07) is 7.22. The highest BCUT2D eigenvalue weighted by Crippen LogP contribution is 2.36. The second-order valence-corrected chi connectivity index (χ2v) is 5.00. The van der Waals surface area contributed by atoms with E-state index in [1.165, 1.54) is 0 Å². The number of ether oxygens (including phenoxy) is 1. The van der Waals surface area contributed by atoms with E-state index in [4.69, 9.17) is 4.74 Å². The Kier molecular flexibility index (Phi) is 4.83. The molecule has 2 rings (SSSR count). The maximum absolute atomic E-state index is 10.3. The monoisotopic (exact) mass is 275 g/mol. The molecule has 1 unspecified atom stereocenters. The van der Waals surface area contributed by atoms with Crippen molar-refractivity contribution < 1.29 is 9.84 Å². The number of piperazine rings is 1. The summed E-state index contributed by atoms with van der Waals surface area (Å²) in [5.74, 6) is 0.527. The first-order chi connectivity index (χ1) is 9.67. The van der Waals surface area contributed by atoms with Gasteiger partial charge in [-0.3, -0.25) is 4.90 Å². The minimum Gasteiger partial charge on any atom is -0.504 e. The molecule has 108 valence electrons. The van der Waals surface area contributed by atoms with Crippen LogP contribution in [0.1, 0.15) is 18.5 Å². The van der Waals surface area contributed by atoms with Gasteiger partial charge in [0.1, 0.15) is 6.04 Å². The normalized spacial score (nSPS) is 18.4. The lowest BCUT2D eigenvalue weighted by molar-refractivity contribution is 0.131. The quantitative estimate of drug-likeness (QED) is 0.904. The summed E-state index contributed by atoms with van der Waals surface area (Å²) in [7, 11) is 2.08. The van der Waals surface area contributed by atoms with Gasteiger partial charge in [-0.15, -0.1) is 0 Å². The zero-order chi connectivity index (χ0) is 14.5. The van der Waals surface area contributed by atoms with Gasteiger partial charge >= 0.3 is 0 Å². The molecule has 1 aliphatic heterocycles. The Hall–Kier alpha value is -1.77. The van der Waals surface area contributed by atoms with Crippen LogP contribution in [0.5, 0.6) is 11.5 Å². The predicted molar refractivity (Wildman–Crippen MR) is 76.7 cm³/mol. The number of phenolic OH excluding ortho intramolecular Hbond substituents is 1. The maximum atomic E-state index is 10.3. The van der Waals surface area contributed by atoms with Gasteiger partial charge in [0.2, 0.25) is 0 Å². The highest BCUT2D eigenvalue weighted by molar-refractivity contribution is 5.48. The standard InChI is InChI=1S/C15H21N3O2/c1-3-20-14-6-4-5-12(15(14)19)13(11-16)18-9-7-17(2)8-10-18/h4-6,13,19H,3,7-10H2,1-2H3. The summed E-state index contributed by atoms with van der Waals surface area (Å²) < 4.78 is 5.39. The zero-order valence-electron chi connectivity index (χ0n) is 12.0. The fourth-order valence-electron chi connectivity index (χ4n) is 2.46. The molecule has 0 amide bonds. The lowest BCUT2D eigenvalue weighted by atomic mass is 10.0. The number of hydrogen-bond donors (Lipinski definition) is 1. The van der Waals surface area contributed by atoms with E-state index in [2.05, 4.69) is 22.9 Å². The van der Waals surface area contributed by atoms with Gasteiger partial charge < -0.3 is 14.7 Å². The van der Waals surface area contributed by atoms with Crippen LogP contribution in [0.2, 0.25) is 0 Å². The van der Waals surface area contributed by atoms with Gasteiger partial charge in [-0.25, -0.2) is 0 Å². The maximum Gasteiger partial charge on any atom is 0.163 e. The van der Waals surface area contributed by atoms with Crippen molar-refractivity contribution in [1.82, 2.24) is 9.80 Å². The molecule has 0 spiro atoms. The van der Waals surface area contributed by atoms with Crippen LogP contribution in [-0.4, -0.2) is 54.7 Å². The Morgan fingerprint density at radius 2 is 2.05 bits per heavy atom. The molecule has 1 aromatic carbocycles. The Bertz CT molecular complexity index is 490. The average Bonchev–Trinajstić information content (AvgIpc) is 2.46. The van der Waals surface area contributed by atoms with Crippen molar-refractivity contribution in [2.75, 3.05) is 39.8 Å². The third kappa shape index (κ3) is 3.03. The van der Waals surface area contributed by atoms with Gasteiger partial charge in [0.15, 0.2) is 11.5 Å². The predicted octanol–water partition coefficient (Wildman–Crippen LogP) is 1.60. The van der Waals surface area contributed by atoms with Crippen LogP contribution < -0.4 is 4.74 Å². The number of likely N-dealkylation sites (N-methyl/N-ethyl adjacent to an activating group) is 1. The van der Waals surface area contributed by atoms with Crippen molar-refractivity contribution in [3.63, 3.8) is 0 Å². The molecule has 0 aliphatic carbocycles. The van der Waals surface area contributed by atoms with E-state index in [0.29, 0.717) is 17.9 Å². The summed E-state index contributed by atoms with van der Waals surface area (Å²) in [6.45, 7) is 5.88. The van der Waals surface area contributed by atoms with Crippen molar-refractivity contribution in [2.24, 2.45) is 0 Å². The van der Waals surface area contributed by atoms with Gasteiger partial charge in [-0.05, 0) is 20.0 Å². The van der Waals surface area contributed by atoms with E-state index >= 15 is 0 Å². The second kappa shape index (κ2) is 6.60. The molecule has 1 fully saturated rings. The Morgan fingerprint density at radius 3 is 2.65 bits per heavy atom. The minimum atomic E-state index is -0.427. The van der Waals surface area contributed by atoms with Crippen LogP contribution in [0, 0.1) is 11.3 Å². The van der Waals surface area contributed by atoms with Crippen LogP contribution >= 0.6 is 0 Å². The van der Waals surface area contributed by atoms with E-state index in [1.807, 2.05) is 13.0 Å². The number of aromatic hydroxyl groups is 1. The van der Waals surface area contributed by atoms with Crippen molar-refractivity contribution in [3.05, 3.63) is 23.8 Å². The molecule has 1 aromatic rings. The molecule has 1 atom stereocenters. The lowest BCUT2D eigenvalue weighted by Gasteiger charge is -2.35. The molecular weight excluding hydrogens is 254 g/mol. The van der Waals surface area contributed by atoms with Crippen molar-refractivity contribution in [2.45, 2.75) is 13.0 Å². The number of rotatable bonds is 4. The first-order valence-electron chi connectivity index (χ1n) is 6.94. The molecule has 1 N–H and O–H groups in total. The summed E-state index contributed by atoms with van der Waals surface area (Å²) in [6.07, 6.45) is 0. The molecule has 0 radical (unpaired) electrons. The van der Waals surface area contributed by atoms with Gasteiger partial charge in [-0.1, -0.05) is 12.1 Å². The zero-order valence-corrected chi connectivity index (χ0v) is 12.0. The van der Waals surface area contributed by atoms with E-state index < -0.39 is 6.04 Å². The molecule has 1 heterocycles. The van der Waals surface area contributed by atoms with Crippen LogP contribution in [0.15, 0.2) is 18.2 Å². The molecule has 1 aliphatic rings. The van der Waals surface area contributed by atoms with Gasteiger partial charge in [0.05, 0.1) is 12.7 Å². The number of nitrogens with zero attached hydrogens (tertiary/aromatic N) is 3. The van der Waals surface area contributed by atoms with Crippen LogP contribution in [0.3, 0.4) is 0 Å². The van der Waals surface area contributed by atoms with Gasteiger partial charge in [0.25, 0.3) is 0 Å². The number of nitriles is 1. The first kappa shape index (κ1) is 14.6. The molecule has 0 saturated carbocycles. The number of hydrogen-bond acceptors (Lipinski definition) is 5. The Balaban J connectivity index is 2.24. The smallest absolute Gasteiger partial charge is 0.163 e. The van der Waals surface area contributed by atoms with E-state index in [-0.39, 0.29) is 5.75 Å². The lowest BCUT2D eigenvalue weighted by Crippen LogP contribution is -2.45. The fourth-order valence-corrected chi connectivity index (χ4v) is 2.46. The van der Waals surface area contributed by atoms with Crippen LogP contribution in [-0.2, 0) is 0 Å². The number of para-hydroxylation sites is 1. The topological polar surface area (TPSA) is 59.7 Å². The Morgan fingerprint density at radius 1 is 1.35 bits per heavy atom. The van der Waals surface area contributed by atoms with Crippen LogP contribution in [0.4, 0.5) is 0 Å². The minimum absolute atomic E-state index is 0.0832. The van der Waals surface area contributed by atoms with E-state index in [9.17, 15) is 10.4 Å². The SMILES string of the molecule is CCOc1cccc(C(C#N)N2CCN(C)CC2)c1O. The third-order valence-corrected chi connectivity index (χ3v) is 3.65. The highest BCUT2D eigenvalue weighted by atomic mass is 16.5. The van der Waals surface area contributed by atoms with Crippen molar-refractivity contribution in [1.29, 1.82) is 5.26 Å². The average molecular weight is 275 g/mol. The van der Waals surface area contributed by atoms with Gasteiger partial charge in [0, 0.05) is 31.7 Å². The second-order valence-electron chi connectivity index (χ2n) is 5.00. The molecule has 5 nitrogen and oxygen atoms in total.